The summed E-state index contributed by atoms with van der Waals surface area (Å²) in [5, 5.41) is 3.40. The fraction of sp³-hybridized carbons (Fsp3) is 0.462. The molecule has 0 fully saturated rings. The second kappa shape index (κ2) is 6.61. The van der Waals surface area contributed by atoms with Crippen LogP contribution in [-0.4, -0.2) is 50.1 Å². The lowest BCUT2D eigenvalue weighted by Crippen LogP contribution is -2.36. The number of benzene rings is 1. The molecule has 1 aromatic rings. The van der Waals surface area contributed by atoms with Crippen molar-refractivity contribution in [1.82, 2.24) is 9.80 Å². The minimum absolute atomic E-state index is 0.145. The molecule has 2 amide bonds. The van der Waals surface area contributed by atoms with Crippen LogP contribution in [0.1, 0.15) is 5.56 Å². The van der Waals surface area contributed by atoms with Gasteiger partial charge in [-0.15, -0.1) is 0 Å². The van der Waals surface area contributed by atoms with E-state index < -0.39 is 0 Å². The van der Waals surface area contributed by atoms with Crippen molar-refractivity contribution in [2.75, 3.05) is 39.5 Å². The van der Waals surface area contributed by atoms with Crippen molar-refractivity contribution in [3.05, 3.63) is 28.8 Å². The Morgan fingerprint density at radius 3 is 2.50 bits per heavy atom. The monoisotopic (exact) mass is 269 g/mol. The number of urea groups is 1. The maximum Gasteiger partial charge on any atom is 0.321 e. The number of likely N-dealkylation sites (N-methyl/N-ethyl adjacent to an activating group) is 2. The third-order valence-electron chi connectivity index (χ3n) is 2.68. The molecule has 1 rings (SSSR count). The molecule has 0 aromatic heterocycles. The van der Waals surface area contributed by atoms with Gasteiger partial charge in [0.1, 0.15) is 0 Å². The number of carbonyl (C=O) groups excluding carboxylic acids is 1. The van der Waals surface area contributed by atoms with E-state index in [1.807, 2.05) is 38.1 Å². The van der Waals surface area contributed by atoms with E-state index in [9.17, 15) is 4.79 Å². The third kappa shape index (κ3) is 4.20. The van der Waals surface area contributed by atoms with Gasteiger partial charge in [0.15, 0.2) is 0 Å². The number of halogens is 1. The molecule has 4 nitrogen and oxygen atoms in total. The van der Waals surface area contributed by atoms with E-state index in [1.54, 1.807) is 18.0 Å². The summed E-state index contributed by atoms with van der Waals surface area (Å²) in [6.45, 7) is 3.41. The number of anilines is 1. The number of nitrogens with zero attached hydrogens (tertiary/aromatic N) is 2. The molecule has 0 aliphatic rings. The lowest BCUT2D eigenvalue weighted by atomic mass is 10.2. The highest BCUT2D eigenvalue weighted by Gasteiger charge is 2.12. The molecule has 0 heterocycles. The van der Waals surface area contributed by atoms with Gasteiger partial charge in [0.25, 0.3) is 0 Å². The van der Waals surface area contributed by atoms with Gasteiger partial charge in [-0.2, -0.15) is 0 Å². The van der Waals surface area contributed by atoms with Crippen molar-refractivity contribution in [3.63, 3.8) is 0 Å². The van der Waals surface area contributed by atoms with Gasteiger partial charge in [-0.05, 0) is 32.6 Å². The van der Waals surface area contributed by atoms with Gasteiger partial charge in [0.2, 0.25) is 0 Å². The Kier molecular flexibility index (Phi) is 5.44. The molecular formula is C13H20ClN3O. The van der Waals surface area contributed by atoms with Crippen LogP contribution in [0.3, 0.4) is 0 Å². The summed E-state index contributed by atoms with van der Waals surface area (Å²) >= 11 is 6.06. The molecule has 100 valence electrons. The molecule has 0 aliphatic heterocycles. The normalized spacial score (nSPS) is 10.6. The van der Waals surface area contributed by atoms with E-state index in [2.05, 4.69) is 5.32 Å². The van der Waals surface area contributed by atoms with Crippen molar-refractivity contribution >= 4 is 23.3 Å². The topological polar surface area (TPSA) is 35.6 Å². The average Bonchev–Trinajstić information content (AvgIpc) is 2.30. The van der Waals surface area contributed by atoms with Crippen molar-refractivity contribution in [1.29, 1.82) is 0 Å². The minimum Gasteiger partial charge on any atom is -0.326 e. The van der Waals surface area contributed by atoms with E-state index in [0.29, 0.717) is 17.3 Å². The van der Waals surface area contributed by atoms with Gasteiger partial charge in [0.05, 0.1) is 10.7 Å². The predicted molar refractivity (Wildman–Crippen MR) is 76.4 cm³/mol. The summed E-state index contributed by atoms with van der Waals surface area (Å²) in [7, 11) is 5.72. The zero-order valence-electron chi connectivity index (χ0n) is 11.3. The number of hydrogen-bond acceptors (Lipinski definition) is 2. The molecule has 1 N–H and O–H groups in total. The van der Waals surface area contributed by atoms with Gasteiger partial charge in [-0.25, -0.2) is 4.79 Å². The third-order valence-corrected chi connectivity index (χ3v) is 3.00. The molecule has 18 heavy (non-hydrogen) atoms. The fourth-order valence-corrected chi connectivity index (χ4v) is 1.71. The second-order valence-electron chi connectivity index (χ2n) is 4.59. The first-order valence-corrected chi connectivity index (χ1v) is 6.21. The first kappa shape index (κ1) is 14.8. The Hall–Kier alpha value is -1.26. The minimum atomic E-state index is -0.145. The summed E-state index contributed by atoms with van der Waals surface area (Å²) in [6.07, 6.45) is 0. The number of carbonyl (C=O) groups is 1. The lowest BCUT2D eigenvalue weighted by Gasteiger charge is -2.21. The Bertz CT molecular complexity index is 400. The Labute approximate surface area is 114 Å². The molecule has 5 heteroatoms. The Morgan fingerprint density at radius 1 is 1.28 bits per heavy atom. The number of para-hydroxylation sites is 1. The molecule has 0 atom stereocenters. The van der Waals surface area contributed by atoms with Crippen LogP contribution < -0.4 is 5.32 Å². The van der Waals surface area contributed by atoms with Gasteiger partial charge in [-0.3, -0.25) is 0 Å². The first-order valence-electron chi connectivity index (χ1n) is 5.83. The molecule has 0 unspecified atom stereocenters. The summed E-state index contributed by atoms with van der Waals surface area (Å²) in [6, 6.07) is 5.40. The largest absolute Gasteiger partial charge is 0.326 e. The molecule has 0 aliphatic carbocycles. The maximum atomic E-state index is 12.0. The summed E-state index contributed by atoms with van der Waals surface area (Å²) in [5.41, 5.74) is 1.64. The van der Waals surface area contributed by atoms with E-state index in [-0.39, 0.29) is 6.03 Å². The van der Waals surface area contributed by atoms with E-state index in [1.165, 1.54) is 0 Å². The van der Waals surface area contributed by atoms with Crippen LogP contribution in [0.2, 0.25) is 5.02 Å². The molecule has 0 bridgehead atoms. The maximum absolute atomic E-state index is 12.0. The average molecular weight is 270 g/mol. The van der Waals surface area contributed by atoms with Crippen molar-refractivity contribution in [2.24, 2.45) is 0 Å². The van der Waals surface area contributed by atoms with Gasteiger partial charge in [-0.1, -0.05) is 23.7 Å². The Balaban J connectivity index is 2.64. The van der Waals surface area contributed by atoms with Gasteiger partial charge < -0.3 is 15.1 Å². The van der Waals surface area contributed by atoms with Crippen LogP contribution in [0.25, 0.3) is 0 Å². The SMILES string of the molecule is Cc1cccc(Cl)c1NC(=O)N(C)CCN(C)C. The van der Waals surface area contributed by atoms with E-state index in [0.717, 1.165) is 12.1 Å². The molecule has 0 saturated heterocycles. The zero-order chi connectivity index (χ0) is 13.7. The first-order chi connectivity index (χ1) is 8.41. The number of amides is 2. The highest BCUT2D eigenvalue weighted by molar-refractivity contribution is 6.33. The second-order valence-corrected chi connectivity index (χ2v) is 4.99. The number of nitrogens with one attached hydrogen (secondary N) is 1. The van der Waals surface area contributed by atoms with Crippen molar-refractivity contribution < 1.29 is 4.79 Å². The van der Waals surface area contributed by atoms with E-state index >= 15 is 0 Å². The van der Waals surface area contributed by atoms with Crippen LogP contribution in [-0.2, 0) is 0 Å². The summed E-state index contributed by atoms with van der Waals surface area (Å²) < 4.78 is 0. The van der Waals surface area contributed by atoms with Crippen LogP contribution in [0.4, 0.5) is 10.5 Å². The van der Waals surface area contributed by atoms with Gasteiger partial charge in [0, 0.05) is 20.1 Å². The van der Waals surface area contributed by atoms with Crippen molar-refractivity contribution in [3.8, 4) is 0 Å². The van der Waals surface area contributed by atoms with E-state index in [4.69, 9.17) is 11.6 Å². The molecule has 1 aromatic carbocycles. The van der Waals surface area contributed by atoms with Crippen LogP contribution in [0, 0.1) is 6.92 Å². The highest BCUT2D eigenvalue weighted by atomic mass is 35.5. The molecular weight excluding hydrogens is 250 g/mol. The van der Waals surface area contributed by atoms with Crippen LogP contribution >= 0.6 is 11.6 Å². The highest BCUT2D eigenvalue weighted by Crippen LogP contribution is 2.25. The summed E-state index contributed by atoms with van der Waals surface area (Å²) in [5.74, 6) is 0. The quantitative estimate of drug-likeness (QED) is 0.912. The molecule has 0 spiro atoms. The summed E-state index contributed by atoms with van der Waals surface area (Å²) in [4.78, 5) is 15.6. The number of hydrogen-bond donors (Lipinski definition) is 1. The van der Waals surface area contributed by atoms with Gasteiger partial charge >= 0.3 is 6.03 Å². The molecule has 0 saturated carbocycles. The zero-order valence-corrected chi connectivity index (χ0v) is 12.1. The fourth-order valence-electron chi connectivity index (χ4n) is 1.44. The Morgan fingerprint density at radius 2 is 1.94 bits per heavy atom. The predicted octanol–water partition coefficient (Wildman–Crippen LogP) is 2.67. The van der Waals surface area contributed by atoms with Crippen LogP contribution in [0.5, 0.6) is 0 Å². The number of aryl methyl sites for hydroxylation is 1. The van der Waals surface area contributed by atoms with Crippen LogP contribution in [0.15, 0.2) is 18.2 Å². The molecule has 0 radical (unpaired) electrons. The standard InChI is InChI=1S/C13H20ClN3O/c1-10-6-5-7-11(14)12(10)15-13(18)17(4)9-8-16(2)3/h5-7H,8-9H2,1-4H3,(H,15,18). The number of rotatable bonds is 4. The van der Waals surface area contributed by atoms with Crippen molar-refractivity contribution in [2.45, 2.75) is 6.92 Å². The lowest BCUT2D eigenvalue weighted by molar-refractivity contribution is 0.217. The smallest absolute Gasteiger partial charge is 0.321 e.